The maximum absolute atomic E-state index is 10.4. The largest absolute Gasteiger partial charge is 0.507 e. The second kappa shape index (κ2) is 9.62. The topological polar surface area (TPSA) is 65.2 Å². The molecule has 4 heteroatoms. The number of aliphatic imine (C=N–C) groups is 2. The molecule has 0 bridgehead atoms. The normalized spacial score (nSPS) is 12.7. The number of phenolic OH excluding ortho intramolecular Hbond substituents is 2. The molecule has 0 saturated heterocycles. The highest BCUT2D eigenvalue weighted by Gasteiger charge is 2.16. The van der Waals surface area contributed by atoms with Crippen molar-refractivity contribution in [2.75, 3.05) is 0 Å². The molecule has 0 unspecified atom stereocenters. The Hall–Kier alpha value is -3.92. The molecule has 2 N–H and O–H groups in total. The first-order chi connectivity index (χ1) is 16.9. The molecule has 0 heterocycles. The van der Waals surface area contributed by atoms with Crippen LogP contribution in [0.25, 0.3) is 10.8 Å². The fraction of sp³-hybridized carbons (Fsp3) is 0.250. The van der Waals surface area contributed by atoms with Crippen molar-refractivity contribution in [3.63, 3.8) is 0 Å². The van der Waals surface area contributed by atoms with E-state index in [2.05, 4.69) is 41.5 Å². The molecule has 0 aromatic heterocycles. The molecule has 36 heavy (non-hydrogen) atoms. The summed E-state index contributed by atoms with van der Waals surface area (Å²) in [5.41, 5.74) is 4.81. The van der Waals surface area contributed by atoms with E-state index in [1.807, 2.05) is 60.7 Å². The van der Waals surface area contributed by atoms with Gasteiger partial charge in [-0.2, -0.15) is 0 Å². The summed E-state index contributed by atoms with van der Waals surface area (Å²) in [7, 11) is 0. The molecular formula is C32H34N2O2. The van der Waals surface area contributed by atoms with Crippen LogP contribution in [-0.2, 0) is 10.8 Å². The third-order valence-corrected chi connectivity index (χ3v) is 6.32. The third-order valence-electron chi connectivity index (χ3n) is 6.32. The minimum Gasteiger partial charge on any atom is -0.507 e. The van der Waals surface area contributed by atoms with Gasteiger partial charge in [0.15, 0.2) is 0 Å². The lowest BCUT2D eigenvalue weighted by atomic mass is 9.86. The summed E-state index contributed by atoms with van der Waals surface area (Å²) in [5.74, 6) is 0.364. The van der Waals surface area contributed by atoms with Gasteiger partial charge in [0.25, 0.3) is 0 Å². The second-order valence-corrected chi connectivity index (χ2v) is 11.3. The lowest BCUT2D eigenvalue weighted by Gasteiger charge is -2.19. The fourth-order valence-electron chi connectivity index (χ4n) is 3.95. The maximum atomic E-state index is 10.4. The van der Waals surface area contributed by atoms with Crippen LogP contribution in [0, 0.1) is 0 Å². The number of hydrogen-bond acceptors (Lipinski definition) is 4. The van der Waals surface area contributed by atoms with E-state index in [9.17, 15) is 10.2 Å². The zero-order valence-electron chi connectivity index (χ0n) is 21.9. The molecule has 0 aliphatic rings. The SMILES string of the molecule is CC(C)(C)c1ccc(O)c(C=Nc2cc3ccccc3cc2N=Cc2cc(C(C)(C)C)ccc2O)c1. The molecule has 0 fully saturated rings. The van der Waals surface area contributed by atoms with Gasteiger partial charge in [0.05, 0.1) is 11.4 Å². The number of fused-ring (bicyclic) bond motifs is 1. The van der Waals surface area contributed by atoms with Gasteiger partial charge in [-0.15, -0.1) is 0 Å². The van der Waals surface area contributed by atoms with Crippen LogP contribution in [0.4, 0.5) is 11.4 Å². The molecular weight excluding hydrogens is 444 g/mol. The highest BCUT2D eigenvalue weighted by atomic mass is 16.3. The molecule has 4 aromatic rings. The van der Waals surface area contributed by atoms with E-state index < -0.39 is 0 Å². The number of hydrogen-bond donors (Lipinski definition) is 2. The summed E-state index contributed by atoms with van der Waals surface area (Å²) in [6, 6.07) is 23.3. The first-order valence-corrected chi connectivity index (χ1v) is 12.2. The van der Waals surface area contributed by atoms with Crippen molar-refractivity contribution in [3.8, 4) is 11.5 Å². The van der Waals surface area contributed by atoms with Gasteiger partial charge in [0, 0.05) is 23.6 Å². The number of aromatic hydroxyl groups is 2. The first-order valence-electron chi connectivity index (χ1n) is 12.2. The van der Waals surface area contributed by atoms with Crippen LogP contribution in [0.1, 0.15) is 63.8 Å². The van der Waals surface area contributed by atoms with E-state index in [0.717, 1.165) is 21.9 Å². The molecule has 0 aliphatic heterocycles. The van der Waals surface area contributed by atoms with Crippen molar-refractivity contribution in [1.82, 2.24) is 0 Å². The van der Waals surface area contributed by atoms with E-state index in [-0.39, 0.29) is 22.3 Å². The maximum Gasteiger partial charge on any atom is 0.124 e. The average Bonchev–Trinajstić information content (AvgIpc) is 2.81. The zero-order chi connectivity index (χ0) is 26.1. The summed E-state index contributed by atoms with van der Waals surface area (Å²) in [4.78, 5) is 9.48. The second-order valence-electron chi connectivity index (χ2n) is 11.3. The van der Waals surface area contributed by atoms with Crippen LogP contribution in [0.15, 0.2) is 82.8 Å². The molecule has 0 radical (unpaired) electrons. The minimum absolute atomic E-state index is 0.0434. The van der Waals surface area contributed by atoms with E-state index in [0.29, 0.717) is 22.5 Å². The molecule has 0 spiro atoms. The average molecular weight is 479 g/mol. The summed E-state index contributed by atoms with van der Waals surface area (Å²) in [5, 5.41) is 23.0. The molecule has 0 amide bonds. The van der Waals surface area contributed by atoms with E-state index in [1.165, 1.54) is 0 Å². The van der Waals surface area contributed by atoms with E-state index in [1.54, 1.807) is 24.6 Å². The highest BCUT2D eigenvalue weighted by molar-refractivity contribution is 5.95. The highest BCUT2D eigenvalue weighted by Crippen LogP contribution is 2.35. The predicted molar refractivity (Wildman–Crippen MR) is 152 cm³/mol. The fourth-order valence-corrected chi connectivity index (χ4v) is 3.95. The van der Waals surface area contributed by atoms with Gasteiger partial charge in [-0.05, 0) is 69.1 Å². The smallest absolute Gasteiger partial charge is 0.124 e. The van der Waals surface area contributed by atoms with Gasteiger partial charge in [-0.1, -0.05) is 77.9 Å². The van der Waals surface area contributed by atoms with Crippen molar-refractivity contribution >= 4 is 34.6 Å². The monoisotopic (exact) mass is 478 g/mol. The Morgan fingerprint density at radius 3 is 1.31 bits per heavy atom. The minimum atomic E-state index is -0.0434. The molecule has 0 atom stereocenters. The van der Waals surface area contributed by atoms with E-state index in [4.69, 9.17) is 9.98 Å². The van der Waals surface area contributed by atoms with Crippen molar-refractivity contribution < 1.29 is 10.2 Å². The predicted octanol–water partition coefficient (Wildman–Crippen LogP) is 8.35. The summed E-state index contributed by atoms with van der Waals surface area (Å²) >= 11 is 0. The van der Waals surface area contributed by atoms with Crippen LogP contribution in [0.2, 0.25) is 0 Å². The lowest BCUT2D eigenvalue weighted by Crippen LogP contribution is -2.11. The molecule has 4 aromatic carbocycles. The summed E-state index contributed by atoms with van der Waals surface area (Å²) in [6.07, 6.45) is 3.37. The van der Waals surface area contributed by atoms with Gasteiger partial charge in [-0.25, -0.2) is 0 Å². The molecule has 4 nitrogen and oxygen atoms in total. The van der Waals surface area contributed by atoms with Crippen molar-refractivity contribution in [2.45, 2.75) is 52.4 Å². The molecule has 4 rings (SSSR count). The van der Waals surface area contributed by atoms with Crippen LogP contribution >= 0.6 is 0 Å². The van der Waals surface area contributed by atoms with Gasteiger partial charge in [-0.3, -0.25) is 9.98 Å². The molecule has 0 saturated carbocycles. The molecule has 184 valence electrons. The zero-order valence-corrected chi connectivity index (χ0v) is 21.9. The Balaban J connectivity index is 1.78. The number of nitrogens with zero attached hydrogens (tertiary/aromatic N) is 2. The Bertz CT molecular complexity index is 1360. The first kappa shape index (κ1) is 25.2. The van der Waals surface area contributed by atoms with Crippen molar-refractivity contribution in [2.24, 2.45) is 9.98 Å². The van der Waals surface area contributed by atoms with Crippen LogP contribution in [0.5, 0.6) is 11.5 Å². The van der Waals surface area contributed by atoms with Gasteiger partial charge in [0.2, 0.25) is 0 Å². The third kappa shape index (κ3) is 5.65. The Morgan fingerprint density at radius 1 is 0.556 bits per heavy atom. The van der Waals surface area contributed by atoms with Gasteiger partial charge >= 0.3 is 0 Å². The lowest BCUT2D eigenvalue weighted by molar-refractivity contribution is 0.472. The Morgan fingerprint density at radius 2 is 0.944 bits per heavy atom. The van der Waals surface area contributed by atoms with Crippen LogP contribution in [-0.4, -0.2) is 22.6 Å². The van der Waals surface area contributed by atoms with Crippen LogP contribution < -0.4 is 0 Å². The van der Waals surface area contributed by atoms with Crippen LogP contribution in [0.3, 0.4) is 0 Å². The van der Waals surface area contributed by atoms with Gasteiger partial charge in [0.1, 0.15) is 11.5 Å². The number of phenols is 2. The Kier molecular flexibility index (Phi) is 6.73. The number of rotatable bonds is 4. The summed E-state index contributed by atoms with van der Waals surface area (Å²) < 4.78 is 0. The van der Waals surface area contributed by atoms with Gasteiger partial charge < -0.3 is 10.2 Å². The molecule has 0 aliphatic carbocycles. The van der Waals surface area contributed by atoms with Crippen molar-refractivity contribution in [1.29, 1.82) is 0 Å². The quantitative estimate of drug-likeness (QED) is 0.289. The van der Waals surface area contributed by atoms with Crippen molar-refractivity contribution in [3.05, 3.63) is 95.1 Å². The number of benzene rings is 4. The standard InChI is InChI=1S/C32H34N2O2/c1-31(2,3)25-11-13-29(35)23(15-25)19-33-27-17-21-9-7-8-10-22(21)18-28(27)34-20-24-16-26(32(4,5)6)12-14-30(24)36/h7-20,35-36H,1-6H3. The van der Waals surface area contributed by atoms with E-state index >= 15 is 0 Å². The Labute approximate surface area is 213 Å². The summed E-state index contributed by atoms with van der Waals surface area (Å²) in [6.45, 7) is 12.8.